The second kappa shape index (κ2) is 8.24. The highest BCUT2D eigenvalue weighted by molar-refractivity contribution is 5.92. The van der Waals surface area contributed by atoms with Crippen molar-refractivity contribution in [1.82, 2.24) is 14.9 Å². The Bertz CT molecular complexity index is 805. The molecule has 0 unspecified atom stereocenters. The van der Waals surface area contributed by atoms with E-state index in [0.29, 0.717) is 29.6 Å². The van der Waals surface area contributed by atoms with Crippen LogP contribution in [0.2, 0.25) is 0 Å². The molecule has 144 valence electrons. The fraction of sp³-hybridized carbons (Fsp3) is 0.450. The fourth-order valence-electron chi connectivity index (χ4n) is 3.43. The summed E-state index contributed by atoms with van der Waals surface area (Å²) in [4.78, 5) is 23.3. The van der Waals surface area contributed by atoms with Crippen LogP contribution in [0, 0.1) is 13.8 Å². The third kappa shape index (κ3) is 4.48. The van der Waals surface area contributed by atoms with Crippen LogP contribution < -0.4 is 14.8 Å². The van der Waals surface area contributed by atoms with Crippen molar-refractivity contribution in [3.8, 4) is 11.5 Å². The fourth-order valence-corrected chi connectivity index (χ4v) is 3.43. The van der Waals surface area contributed by atoms with Crippen LogP contribution in [0.1, 0.15) is 34.8 Å². The molecular weight excluding hydrogens is 344 g/mol. The molecule has 0 saturated carbocycles. The number of amides is 1. The van der Waals surface area contributed by atoms with E-state index in [-0.39, 0.29) is 11.9 Å². The molecule has 0 radical (unpaired) electrons. The first kappa shape index (κ1) is 18.9. The van der Waals surface area contributed by atoms with Gasteiger partial charge in [-0.05, 0) is 44.9 Å². The van der Waals surface area contributed by atoms with Crippen LogP contribution in [-0.4, -0.2) is 54.1 Å². The highest BCUT2D eigenvalue weighted by Gasteiger charge is 2.25. The molecule has 1 N–H and O–H groups in total. The number of hydrogen-bond donors (Lipinski definition) is 1. The zero-order valence-corrected chi connectivity index (χ0v) is 16.3. The van der Waals surface area contributed by atoms with Gasteiger partial charge in [-0.25, -0.2) is 9.97 Å². The third-order valence-electron chi connectivity index (χ3n) is 4.65. The SMILES string of the molecule is COc1ccc(N[C@H]2CCCN(C(=O)c3cc(C)nc(C)n3)C2)cc1OC. The summed E-state index contributed by atoms with van der Waals surface area (Å²) in [7, 11) is 3.24. The molecule has 0 aliphatic carbocycles. The zero-order valence-electron chi connectivity index (χ0n) is 16.3. The van der Waals surface area contributed by atoms with Crippen LogP contribution in [0.3, 0.4) is 0 Å². The number of nitrogens with one attached hydrogen (secondary N) is 1. The predicted octanol–water partition coefficient (Wildman–Crippen LogP) is 2.83. The second-order valence-electron chi connectivity index (χ2n) is 6.75. The Labute approximate surface area is 159 Å². The van der Waals surface area contributed by atoms with Gasteiger partial charge in [0.15, 0.2) is 11.5 Å². The maximum Gasteiger partial charge on any atom is 0.272 e. The van der Waals surface area contributed by atoms with Gasteiger partial charge in [0.1, 0.15) is 11.5 Å². The number of ether oxygens (including phenoxy) is 2. The van der Waals surface area contributed by atoms with Crippen LogP contribution in [0.4, 0.5) is 5.69 Å². The van der Waals surface area contributed by atoms with E-state index in [1.807, 2.05) is 30.0 Å². The van der Waals surface area contributed by atoms with Crippen LogP contribution in [0.5, 0.6) is 11.5 Å². The van der Waals surface area contributed by atoms with Gasteiger partial charge in [0.2, 0.25) is 0 Å². The maximum absolute atomic E-state index is 12.9. The van der Waals surface area contributed by atoms with Crippen molar-refractivity contribution >= 4 is 11.6 Å². The molecule has 0 spiro atoms. The molecule has 7 nitrogen and oxygen atoms in total. The van der Waals surface area contributed by atoms with Crippen molar-refractivity contribution < 1.29 is 14.3 Å². The molecule has 1 aromatic carbocycles. The summed E-state index contributed by atoms with van der Waals surface area (Å²) in [6, 6.07) is 7.67. The topological polar surface area (TPSA) is 76.6 Å². The first-order valence-corrected chi connectivity index (χ1v) is 9.10. The van der Waals surface area contributed by atoms with Crippen LogP contribution >= 0.6 is 0 Å². The monoisotopic (exact) mass is 370 g/mol. The summed E-state index contributed by atoms with van der Waals surface area (Å²) in [6.07, 6.45) is 1.94. The van der Waals surface area contributed by atoms with Crippen LogP contribution in [0.25, 0.3) is 0 Å². The molecule has 1 amide bonds. The van der Waals surface area contributed by atoms with E-state index in [0.717, 1.165) is 30.8 Å². The minimum absolute atomic E-state index is 0.0394. The number of hydrogen-bond acceptors (Lipinski definition) is 6. The van der Waals surface area contributed by atoms with Crippen molar-refractivity contribution in [2.24, 2.45) is 0 Å². The minimum atomic E-state index is -0.0394. The molecule has 7 heteroatoms. The van der Waals surface area contributed by atoms with Crippen LogP contribution in [0.15, 0.2) is 24.3 Å². The quantitative estimate of drug-likeness (QED) is 0.872. The van der Waals surface area contributed by atoms with Gasteiger partial charge in [-0.2, -0.15) is 0 Å². The van der Waals surface area contributed by atoms with Crippen molar-refractivity contribution in [2.45, 2.75) is 32.7 Å². The van der Waals surface area contributed by atoms with Gasteiger partial charge in [-0.1, -0.05) is 0 Å². The predicted molar refractivity (Wildman–Crippen MR) is 104 cm³/mol. The summed E-state index contributed by atoms with van der Waals surface area (Å²) < 4.78 is 10.6. The number of aromatic nitrogens is 2. The van der Waals surface area contributed by atoms with Crippen molar-refractivity contribution in [2.75, 3.05) is 32.6 Å². The van der Waals surface area contributed by atoms with E-state index in [4.69, 9.17) is 9.47 Å². The van der Waals surface area contributed by atoms with Gasteiger partial charge >= 0.3 is 0 Å². The molecule has 1 atom stereocenters. The Morgan fingerprint density at radius 2 is 1.93 bits per heavy atom. The third-order valence-corrected chi connectivity index (χ3v) is 4.65. The lowest BCUT2D eigenvalue weighted by atomic mass is 10.0. The number of aryl methyl sites for hydroxylation is 2. The molecule has 2 heterocycles. The Morgan fingerprint density at radius 3 is 2.63 bits per heavy atom. The number of benzene rings is 1. The lowest BCUT2D eigenvalue weighted by Crippen LogP contribution is -2.45. The normalized spacial score (nSPS) is 16.7. The highest BCUT2D eigenvalue weighted by atomic mass is 16.5. The Balaban J connectivity index is 1.70. The number of carbonyl (C=O) groups is 1. The average Bonchev–Trinajstić information content (AvgIpc) is 2.66. The van der Waals surface area contributed by atoms with Gasteiger partial charge in [0, 0.05) is 36.6 Å². The standard InChI is InChI=1S/C20H26N4O3/c1-13-10-17(22-14(2)21-13)20(25)24-9-5-6-16(12-24)23-15-7-8-18(26-3)19(11-15)27-4/h7-8,10-11,16,23H,5-6,9,12H2,1-4H3/t16-/m0/s1. The van der Waals surface area contributed by atoms with E-state index in [1.165, 1.54) is 0 Å². The number of rotatable bonds is 5. The summed E-state index contributed by atoms with van der Waals surface area (Å²) >= 11 is 0. The number of piperidine rings is 1. The first-order chi connectivity index (χ1) is 13.0. The maximum atomic E-state index is 12.9. The van der Waals surface area contributed by atoms with Gasteiger partial charge in [0.25, 0.3) is 5.91 Å². The molecule has 3 rings (SSSR count). The Hall–Kier alpha value is -2.83. The number of carbonyl (C=O) groups excluding carboxylic acids is 1. The molecule has 27 heavy (non-hydrogen) atoms. The molecule has 1 fully saturated rings. The molecular formula is C20H26N4O3. The molecule has 1 saturated heterocycles. The summed E-state index contributed by atoms with van der Waals surface area (Å²) in [5, 5.41) is 3.50. The van der Waals surface area contributed by atoms with Crippen molar-refractivity contribution in [1.29, 1.82) is 0 Å². The Kier molecular flexibility index (Phi) is 5.78. The molecule has 0 bridgehead atoms. The minimum Gasteiger partial charge on any atom is -0.493 e. The summed E-state index contributed by atoms with van der Waals surface area (Å²) in [5.74, 6) is 1.95. The average molecular weight is 370 g/mol. The number of methoxy groups -OCH3 is 2. The smallest absolute Gasteiger partial charge is 0.272 e. The van der Waals surface area contributed by atoms with Crippen molar-refractivity contribution in [3.05, 3.63) is 41.5 Å². The molecule has 1 aliphatic heterocycles. The molecule has 1 aliphatic rings. The molecule has 1 aromatic heterocycles. The van der Waals surface area contributed by atoms with Crippen LogP contribution in [-0.2, 0) is 0 Å². The summed E-state index contributed by atoms with van der Waals surface area (Å²) in [5.41, 5.74) is 2.22. The van der Waals surface area contributed by atoms with E-state index < -0.39 is 0 Å². The van der Waals surface area contributed by atoms with E-state index in [9.17, 15) is 4.79 Å². The first-order valence-electron chi connectivity index (χ1n) is 9.10. The molecule has 2 aromatic rings. The largest absolute Gasteiger partial charge is 0.493 e. The van der Waals surface area contributed by atoms with E-state index in [1.54, 1.807) is 27.2 Å². The number of nitrogens with zero attached hydrogens (tertiary/aromatic N) is 3. The summed E-state index contributed by atoms with van der Waals surface area (Å²) in [6.45, 7) is 5.06. The highest BCUT2D eigenvalue weighted by Crippen LogP contribution is 2.30. The lowest BCUT2D eigenvalue weighted by Gasteiger charge is -2.33. The van der Waals surface area contributed by atoms with Gasteiger partial charge < -0.3 is 19.7 Å². The number of likely N-dealkylation sites (tertiary alicyclic amines) is 1. The van der Waals surface area contributed by atoms with Gasteiger partial charge in [-0.15, -0.1) is 0 Å². The number of anilines is 1. The lowest BCUT2D eigenvalue weighted by molar-refractivity contribution is 0.0708. The van der Waals surface area contributed by atoms with Gasteiger partial charge in [0.05, 0.1) is 14.2 Å². The van der Waals surface area contributed by atoms with Gasteiger partial charge in [-0.3, -0.25) is 4.79 Å². The zero-order chi connectivity index (χ0) is 19.4. The van der Waals surface area contributed by atoms with E-state index in [2.05, 4.69) is 15.3 Å². The Morgan fingerprint density at radius 1 is 1.15 bits per heavy atom. The second-order valence-corrected chi connectivity index (χ2v) is 6.75. The van der Waals surface area contributed by atoms with E-state index >= 15 is 0 Å². The van der Waals surface area contributed by atoms with Crippen molar-refractivity contribution in [3.63, 3.8) is 0 Å².